The molecule has 2 aliphatic rings. The maximum atomic E-state index is 13.7. The number of carbonyl (C=O) groups excluding carboxylic acids is 1. The van der Waals surface area contributed by atoms with Gasteiger partial charge in [-0.15, -0.1) is 0 Å². The summed E-state index contributed by atoms with van der Waals surface area (Å²) in [5.41, 5.74) is 0.936. The van der Waals surface area contributed by atoms with Gasteiger partial charge in [0.25, 0.3) is 0 Å². The standard InChI is InChI=1S/C17H23FN2O3/c1-12-9-15(17(21)23-12)20-7-5-19(6-8-20)11-13-3-4-16(22-2)14(18)10-13/h3-4,10,12,15H,5-9,11H2,1-2H3. The van der Waals surface area contributed by atoms with Crippen molar-refractivity contribution in [3.63, 3.8) is 0 Å². The Morgan fingerprint density at radius 3 is 2.61 bits per heavy atom. The predicted octanol–water partition coefficient (Wildman–Crippen LogP) is 1.66. The summed E-state index contributed by atoms with van der Waals surface area (Å²) in [6.45, 7) is 6.06. The van der Waals surface area contributed by atoms with E-state index in [1.807, 2.05) is 13.0 Å². The van der Waals surface area contributed by atoms with Crippen LogP contribution in [0.4, 0.5) is 4.39 Å². The van der Waals surface area contributed by atoms with Crippen LogP contribution in [0.5, 0.6) is 5.75 Å². The molecule has 0 spiro atoms. The van der Waals surface area contributed by atoms with Gasteiger partial charge in [0.05, 0.1) is 7.11 Å². The molecule has 0 bridgehead atoms. The molecule has 2 fully saturated rings. The summed E-state index contributed by atoms with van der Waals surface area (Å²) in [6.07, 6.45) is 0.801. The molecular weight excluding hydrogens is 299 g/mol. The Labute approximate surface area is 136 Å². The van der Waals surface area contributed by atoms with E-state index in [9.17, 15) is 9.18 Å². The van der Waals surface area contributed by atoms with Gasteiger partial charge in [-0.3, -0.25) is 14.6 Å². The molecule has 23 heavy (non-hydrogen) atoms. The summed E-state index contributed by atoms with van der Waals surface area (Å²) in [7, 11) is 1.46. The Hall–Kier alpha value is -1.66. The minimum Gasteiger partial charge on any atom is -0.494 e. The molecule has 2 unspecified atom stereocenters. The van der Waals surface area contributed by atoms with Crippen LogP contribution in [0.25, 0.3) is 0 Å². The van der Waals surface area contributed by atoms with Crippen LogP contribution in [0.15, 0.2) is 18.2 Å². The molecule has 0 aliphatic carbocycles. The van der Waals surface area contributed by atoms with Crippen molar-refractivity contribution in [3.8, 4) is 5.75 Å². The number of hydrogen-bond acceptors (Lipinski definition) is 5. The second kappa shape index (κ2) is 6.84. The monoisotopic (exact) mass is 322 g/mol. The smallest absolute Gasteiger partial charge is 0.323 e. The highest BCUT2D eigenvalue weighted by Gasteiger charge is 2.37. The van der Waals surface area contributed by atoms with E-state index in [-0.39, 0.29) is 29.7 Å². The molecule has 0 saturated carbocycles. The van der Waals surface area contributed by atoms with Crippen LogP contribution >= 0.6 is 0 Å². The quantitative estimate of drug-likeness (QED) is 0.789. The van der Waals surface area contributed by atoms with Crippen LogP contribution in [-0.4, -0.2) is 61.2 Å². The highest BCUT2D eigenvalue weighted by atomic mass is 19.1. The molecule has 2 aliphatic heterocycles. The van der Waals surface area contributed by atoms with Gasteiger partial charge in [0.2, 0.25) is 0 Å². The molecule has 1 aromatic carbocycles. The van der Waals surface area contributed by atoms with Crippen LogP contribution in [0, 0.1) is 5.82 Å². The average molecular weight is 322 g/mol. The largest absolute Gasteiger partial charge is 0.494 e. The van der Waals surface area contributed by atoms with Gasteiger partial charge in [-0.25, -0.2) is 4.39 Å². The second-order valence-electron chi connectivity index (χ2n) is 6.28. The van der Waals surface area contributed by atoms with Crippen molar-refractivity contribution >= 4 is 5.97 Å². The fourth-order valence-corrected chi connectivity index (χ4v) is 3.33. The van der Waals surface area contributed by atoms with Gasteiger partial charge in [-0.05, 0) is 24.6 Å². The zero-order chi connectivity index (χ0) is 16.4. The Kier molecular flexibility index (Phi) is 4.82. The molecule has 0 amide bonds. The Morgan fingerprint density at radius 2 is 2.04 bits per heavy atom. The fourth-order valence-electron chi connectivity index (χ4n) is 3.33. The molecule has 2 heterocycles. The first-order valence-electron chi connectivity index (χ1n) is 8.06. The molecule has 1 aromatic rings. The van der Waals surface area contributed by atoms with Crippen LogP contribution in [0.2, 0.25) is 0 Å². The number of cyclic esters (lactones) is 1. The third-order valence-corrected chi connectivity index (χ3v) is 4.61. The van der Waals surface area contributed by atoms with Crippen molar-refractivity contribution in [2.75, 3.05) is 33.3 Å². The lowest BCUT2D eigenvalue weighted by molar-refractivity contribution is -0.145. The van der Waals surface area contributed by atoms with Crippen molar-refractivity contribution in [1.29, 1.82) is 0 Å². The summed E-state index contributed by atoms with van der Waals surface area (Å²) >= 11 is 0. The number of hydrogen-bond donors (Lipinski definition) is 0. The molecule has 2 saturated heterocycles. The Bertz CT molecular complexity index is 573. The summed E-state index contributed by atoms with van der Waals surface area (Å²) in [5.74, 6) is -0.151. The van der Waals surface area contributed by atoms with Gasteiger partial charge in [-0.2, -0.15) is 0 Å². The van der Waals surface area contributed by atoms with Gasteiger partial charge in [0, 0.05) is 39.1 Å². The molecule has 0 N–H and O–H groups in total. The van der Waals surface area contributed by atoms with Gasteiger partial charge in [0.1, 0.15) is 12.1 Å². The summed E-state index contributed by atoms with van der Waals surface area (Å²) < 4.78 is 23.9. The van der Waals surface area contributed by atoms with Crippen LogP contribution in [0.1, 0.15) is 18.9 Å². The third-order valence-electron chi connectivity index (χ3n) is 4.61. The number of benzene rings is 1. The van der Waals surface area contributed by atoms with E-state index in [1.54, 1.807) is 6.07 Å². The van der Waals surface area contributed by atoms with E-state index < -0.39 is 0 Å². The predicted molar refractivity (Wildman–Crippen MR) is 83.8 cm³/mol. The zero-order valence-electron chi connectivity index (χ0n) is 13.6. The van der Waals surface area contributed by atoms with Crippen molar-refractivity contribution in [3.05, 3.63) is 29.6 Å². The summed E-state index contributed by atoms with van der Waals surface area (Å²) in [4.78, 5) is 16.3. The lowest BCUT2D eigenvalue weighted by Crippen LogP contribution is -2.51. The Morgan fingerprint density at radius 1 is 1.30 bits per heavy atom. The van der Waals surface area contributed by atoms with E-state index in [4.69, 9.17) is 9.47 Å². The fraction of sp³-hybridized carbons (Fsp3) is 0.588. The lowest BCUT2D eigenvalue weighted by Gasteiger charge is -2.36. The van der Waals surface area contributed by atoms with E-state index in [2.05, 4.69) is 9.80 Å². The second-order valence-corrected chi connectivity index (χ2v) is 6.28. The molecule has 0 aromatic heterocycles. The minimum absolute atomic E-state index is 0.0211. The summed E-state index contributed by atoms with van der Waals surface area (Å²) in [6, 6.07) is 4.99. The third kappa shape index (κ3) is 3.64. The first kappa shape index (κ1) is 16.2. The SMILES string of the molecule is COc1ccc(CN2CCN(C3CC(C)OC3=O)CC2)cc1F. The molecule has 2 atom stereocenters. The van der Waals surface area contributed by atoms with Gasteiger partial charge >= 0.3 is 5.97 Å². The number of methoxy groups -OCH3 is 1. The number of carbonyl (C=O) groups is 1. The molecule has 0 radical (unpaired) electrons. The number of nitrogens with zero attached hydrogens (tertiary/aromatic N) is 2. The number of rotatable bonds is 4. The van der Waals surface area contributed by atoms with E-state index >= 15 is 0 Å². The van der Waals surface area contributed by atoms with Crippen LogP contribution in [0.3, 0.4) is 0 Å². The van der Waals surface area contributed by atoms with E-state index in [0.717, 1.165) is 38.2 Å². The highest BCUT2D eigenvalue weighted by molar-refractivity contribution is 5.78. The van der Waals surface area contributed by atoms with Crippen LogP contribution < -0.4 is 4.74 Å². The molecular formula is C17H23FN2O3. The normalized spacial score (nSPS) is 26.3. The molecule has 5 nitrogen and oxygen atoms in total. The zero-order valence-corrected chi connectivity index (χ0v) is 13.6. The topological polar surface area (TPSA) is 42.0 Å². The van der Waals surface area contributed by atoms with Gasteiger partial charge < -0.3 is 9.47 Å². The van der Waals surface area contributed by atoms with Crippen molar-refractivity contribution in [1.82, 2.24) is 9.80 Å². The van der Waals surface area contributed by atoms with E-state index in [1.165, 1.54) is 13.2 Å². The van der Waals surface area contributed by atoms with Crippen LogP contribution in [-0.2, 0) is 16.1 Å². The number of piperazine rings is 1. The van der Waals surface area contributed by atoms with Crippen molar-refractivity contribution < 1.29 is 18.7 Å². The average Bonchev–Trinajstić information content (AvgIpc) is 2.87. The van der Waals surface area contributed by atoms with Gasteiger partial charge in [0.15, 0.2) is 11.6 Å². The number of halogens is 1. The Balaban J connectivity index is 1.53. The van der Waals surface area contributed by atoms with E-state index in [0.29, 0.717) is 6.54 Å². The highest BCUT2D eigenvalue weighted by Crippen LogP contribution is 2.22. The number of ether oxygens (including phenoxy) is 2. The minimum atomic E-state index is -0.327. The molecule has 126 valence electrons. The van der Waals surface area contributed by atoms with Gasteiger partial charge in [-0.1, -0.05) is 6.07 Å². The first-order chi connectivity index (χ1) is 11.1. The maximum absolute atomic E-state index is 13.7. The first-order valence-corrected chi connectivity index (χ1v) is 8.06. The molecule has 6 heteroatoms. The lowest BCUT2D eigenvalue weighted by atomic mass is 10.1. The van der Waals surface area contributed by atoms with Crippen molar-refractivity contribution in [2.24, 2.45) is 0 Å². The summed E-state index contributed by atoms with van der Waals surface area (Å²) in [5, 5.41) is 0. The molecule has 3 rings (SSSR count). The number of esters is 1. The van der Waals surface area contributed by atoms with Crippen molar-refractivity contribution in [2.45, 2.75) is 32.0 Å². The maximum Gasteiger partial charge on any atom is 0.323 e.